The molecule has 0 saturated carbocycles. The van der Waals surface area contributed by atoms with Gasteiger partial charge in [-0.05, 0) is 37.6 Å². The molecule has 0 spiro atoms. The molecule has 17 heavy (non-hydrogen) atoms. The van der Waals surface area contributed by atoms with Gasteiger partial charge in [0.25, 0.3) is 0 Å². The standard InChI is InChI=1S/C11H13BrF3NO/c1-6-5-8(3-4-9(6)12)17-10(7(2)16)11(13,14)15/h3-5,7,10H,16H2,1-2H3. The van der Waals surface area contributed by atoms with E-state index in [1.807, 2.05) is 0 Å². The summed E-state index contributed by atoms with van der Waals surface area (Å²) in [5.41, 5.74) is 6.08. The van der Waals surface area contributed by atoms with E-state index in [4.69, 9.17) is 10.5 Å². The predicted molar refractivity (Wildman–Crippen MR) is 63.0 cm³/mol. The lowest BCUT2D eigenvalue weighted by Gasteiger charge is -2.24. The Morgan fingerprint density at radius 1 is 1.35 bits per heavy atom. The van der Waals surface area contributed by atoms with E-state index < -0.39 is 18.3 Å². The molecule has 2 N–H and O–H groups in total. The lowest BCUT2D eigenvalue weighted by molar-refractivity contribution is -0.199. The molecule has 0 saturated heterocycles. The Bertz CT molecular complexity index is 393. The van der Waals surface area contributed by atoms with Crippen molar-refractivity contribution in [2.75, 3.05) is 0 Å². The van der Waals surface area contributed by atoms with Crippen LogP contribution in [0.2, 0.25) is 0 Å². The summed E-state index contributed by atoms with van der Waals surface area (Å²) in [7, 11) is 0. The Balaban J connectivity index is 2.91. The van der Waals surface area contributed by atoms with Gasteiger partial charge in [-0.15, -0.1) is 0 Å². The molecule has 0 heterocycles. The average molecular weight is 312 g/mol. The van der Waals surface area contributed by atoms with Crippen LogP contribution in [0.3, 0.4) is 0 Å². The van der Waals surface area contributed by atoms with E-state index in [2.05, 4.69) is 15.9 Å². The second-order valence-corrected chi connectivity index (χ2v) is 4.70. The summed E-state index contributed by atoms with van der Waals surface area (Å²) in [5, 5.41) is 0. The van der Waals surface area contributed by atoms with Crippen LogP contribution in [0.25, 0.3) is 0 Å². The number of ether oxygens (including phenoxy) is 1. The van der Waals surface area contributed by atoms with Crippen LogP contribution in [-0.2, 0) is 0 Å². The van der Waals surface area contributed by atoms with E-state index in [1.54, 1.807) is 13.0 Å². The number of rotatable bonds is 3. The molecule has 0 aliphatic carbocycles. The van der Waals surface area contributed by atoms with Gasteiger partial charge < -0.3 is 10.5 Å². The second-order valence-electron chi connectivity index (χ2n) is 3.85. The molecule has 1 aromatic carbocycles. The Morgan fingerprint density at radius 3 is 2.35 bits per heavy atom. The van der Waals surface area contributed by atoms with Crippen LogP contribution in [-0.4, -0.2) is 18.3 Å². The minimum absolute atomic E-state index is 0.158. The van der Waals surface area contributed by atoms with Gasteiger partial charge in [-0.25, -0.2) is 0 Å². The molecule has 1 rings (SSSR count). The fraction of sp³-hybridized carbons (Fsp3) is 0.455. The fourth-order valence-corrected chi connectivity index (χ4v) is 1.56. The zero-order chi connectivity index (χ0) is 13.2. The van der Waals surface area contributed by atoms with Gasteiger partial charge in [0.2, 0.25) is 6.10 Å². The summed E-state index contributed by atoms with van der Waals surface area (Å²) in [6.45, 7) is 3.04. The molecular weight excluding hydrogens is 299 g/mol. The highest BCUT2D eigenvalue weighted by Crippen LogP contribution is 2.28. The normalized spacial score (nSPS) is 15.5. The molecule has 96 valence electrons. The van der Waals surface area contributed by atoms with Crippen LogP contribution < -0.4 is 10.5 Å². The van der Waals surface area contributed by atoms with Gasteiger partial charge in [-0.3, -0.25) is 0 Å². The van der Waals surface area contributed by atoms with Crippen LogP contribution in [0.5, 0.6) is 5.75 Å². The minimum Gasteiger partial charge on any atom is -0.479 e. The Hall–Kier alpha value is -0.750. The van der Waals surface area contributed by atoms with Crippen LogP contribution >= 0.6 is 15.9 Å². The monoisotopic (exact) mass is 311 g/mol. The molecule has 0 aliphatic heterocycles. The van der Waals surface area contributed by atoms with Gasteiger partial charge in [-0.2, -0.15) is 13.2 Å². The van der Waals surface area contributed by atoms with Crippen molar-refractivity contribution in [2.45, 2.75) is 32.2 Å². The number of hydrogen-bond donors (Lipinski definition) is 1. The number of aryl methyl sites for hydroxylation is 1. The van der Waals surface area contributed by atoms with Gasteiger partial charge in [0.05, 0.1) is 0 Å². The van der Waals surface area contributed by atoms with Crippen molar-refractivity contribution in [1.29, 1.82) is 0 Å². The van der Waals surface area contributed by atoms with E-state index in [1.165, 1.54) is 19.1 Å². The molecule has 2 atom stereocenters. The molecule has 6 heteroatoms. The zero-order valence-corrected chi connectivity index (χ0v) is 11.0. The van der Waals surface area contributed by atoms with Crippen molar-refractivity contribution in [3.8, 4) is 5.75 Å². The molecule has 0 aromatic heterocycles. The summed E-state index contributed by atoms with van der Waals surface area (Å²) in [6.07, 6.45) is -6.47. The topological polar surface area (TPSA) is 35.2 Å². The first kappa shape index (κ1) is 14.3. The SMILES string of the molecule is Cc1cc(OC(C(C)N)C(F)(F)F)ccc1Br. The van der Waals surface area contributed by atoms with Crippen molar-refractivity contribution in [3.63, 3.8) is 0 Å². The van der Waals surface area contributed by atoms with Crippen molar-refractivity contribution < 1.29 is 17.9 Å². The third kappa shape index (κ3) is 3.89. The summed E-state index contributed by atoms with van der Waals surface area (Å²) in [5.74, 6) is 0.158. The highest BCUT2D eigenvalue weighted by atomic mass is 79.9. The van der Waals surface area contributed by atoms with Crippen LogP contribution in [0.1, 0.15) is 12.5 Å². The van der Waals surface area contributed by atoms with E-state index >= 15 is 0 Å². The van der Waals surface area contributed by atoms with Crippen LogP contribution in [0.15, 0.2) is 22.7 Å². The van der Waals surface area contributed by atoms with Crippen molar-refractivity contribution >= 4 is 15.9 Å². The predicted octanol–water partition coefficient (Wildman–Crippen LogP) is 3.41. The Morgan fingerprint density at radius 2 is 1.94 bits per heavy atom. The smallest absolute Gasteiger partial charge is 0.426 e. The van der Waals surface area contributed by atoms with Gasteiger partial charge >= 0.3 is 6.18 Å². The minimum atomic E-state index is -4.48. The van der Waals surface area contributed by atoms with E-state index in [0.29, 0.717) is 0 Å². The number of halogens is 4. The lowest BCUT2D eigenvalue weighted by atomic mass is 10.2. The summed E-state index contributed by atoms with van der Waals surface area (Å²) >= 11 is 3.26. The number of alkyl halides is 3. The summed E-state index contributed by atoms with van der Waals surface area (Å²) in [6, 6.07) is 3.52. The molecule has 0 amide bonds. The number of hydrogen-bond acceptors (Lipinski definition) is 2. The average Bonchev–Trinajstić information content (AvgIpc) is 2.17. The van der Waals surface area contributed by atoms with Crippen molar-refractivity contribution in [2.24, 2.45) is 5.73 Å². The molecular formula is C11H13BrF3NO. The maximum atomic E-state index is 12.6. The highest BCUT2D eigenvalue weighted by molar-refractivity contribution is 9.10. The second kappa shape index (κ2) is 5.27. The zero-order valence-electron chi connectivity index (χ0n) is 9.38. The Labute approximate surface area is 106 Å². The third-order valence-corrected chi connectivity index (χ3v) is 3.08. The van der Waals surface area contributed by atoms with E-state index in [-0.39, 0.29) is 5.75 Å². The maximum absolute atomic E-state index is 12.6. The van der Waals surface area contributed by atoms with Gasteiger partial charge in [0.15, 0.2) is 0 Å². The van der Waals surface area contributed by atoms with Crippen LogP contribution in [0.4, 0.5) is 13.2 Å². The maximum Gasteiger partial charge on any atom is 0.426 e. The van der Waals surface area contributed by atoms with E-state index in [9.17, 15) is 13.2 Å². The van der Waals surface area contributed by atoms with Gasteiger partial charge in [-0.1, -0.05) is 15.9 Å². The molecule has 2 nitrogen and oxygen atoms in total. The number of nitrogens with two attached hydrogens (primary N) is 1. The molecule has 0 radical (unpaired) electrons. The molecule has 0 aliphatic rings. The molecule has 1 aromatic rings. The fourth-order valence-electron chi connectivity index (χ4n) is 1.31. The largest absolute Gasteiger partial charge is 0.479 e. The summed E-state index contributed by atoms with van der Waals surface area (Å²) in [4.78, 5) is 0. The number of benzene rings is 1. The Kier molecular flexibility index (Phi) is 4.43. The van der Waals surface area contributed by atoms with Gasteiger partial charge in [0.1, 0.15) is 5.75 Å². The lowest BCUT2D eigenvalue weighted by Crippen LogP contribution is -2.47. The van der Waals surface area contributed by atoms with Crippen LogP contribution in [0, 0.1) is 6.92 Å². The quantitative estimate of drug-likeness (QED) is 0.928. The summed E-state index contributed by atoms with van der Waals surface area (Å²) < 4.78 is 43.6. The molecule has 0 bridgehead atoms. The first-order chi connectivity index (χ1) is 7.71. The van der Waals surface area contributed by atoms with Crippen molar-refractivity contribution in [1.82, 2.24) is 0 Å². The third-order valence-electron chi connectivity index (χ3n) is 2.19. The first-order valence-corrected chi connectivity index (χ1v) is 5.76. The highest BCUT2D eigenvalue weighted by Gasteiger charge is 2.44. The molecule has 0 fully saturated rings. The van der Waals surface area contributed by atoms with Gasteiger partial charge in [0, 0.05) is 10.5 Å². The molecule has 2 unspecified atom stereocenters. The van der Waals surface area contributed by atoms with E-state index in [0.717, 1.165) is 10.0 Å². The van der Waals surface area contributed by atoms with Crippen molar-refractivity contribution in [3.05, 3.63) is 28.2 Å². The first-order valence-electron chi connectivity index (χ1n) is 4.97.